The number of hydroxylamine groups is 1. The number of para-hydroxylation sites is 1. The lowest BCUT2D eigenvalue weighted by Gasteiger charge is -2.04. The van der Waals surface area contributed by atoms with Gasteiger partial charge in [-0.1, -0.05) is 18.2 Å². The van der Waals surface area contributed by atoms with E-state index in [1.807, 2.05) is 0 Å². The van der Waals surface area contributed by atoms with Gasteiger partial charge >= 0.3 is 0 Å². The molecular formula is C10H7N2O3-. The fourth-order valence-electron chi connectivity index (χ4n) is 1.43. The van der Waals surface area contributed by atoms with Crippen molar-refractivity contribution in [2.24, 2.45) is 0 Å². The second-order valence-corrected chi connectivity index (χ2v) is 3.01. The minimum Gasteiger partial charge on any atom is -0.759 e. The molecule has 1 heterocycles. The van der Waals surface area contributed by atoms with Crippen LogP contribution in [0.25, 0.3) is 10.9 Å². The molecule has 0 saturated heterocycles. The summed E-state index contributed by atoms with van der Waals surface area (Å²) in [5.41, 5.74) is 2.02. The second kappa shape index (κ2) is 3.55. The number of rotatable bonds is 2. The SMILES string of the molecule is O=C(N[O-])C(=O)c1c[nH]c2ccccc12. The third-order valence-electron chi connectivity index (χ3n) is 2.13. The van der Waals surface area contributed by atoms with E-state index in [0.717, 1.165) is 11.0 Å². The number of fused-ring (bicyclic) bond motifs is 1. The number of aromatic amines is 1. The van der Waals surface area contributed by atoms with Crippen LogP contribution in [0.2, 0.25) is 0 Å². The van der Waals surface area contributed by atoms with Crippen molar-refractivity contribution in [2.45, 2.75) is 0 Å². The van der Waals surface area contributed by atoms with Gasteiger partial charge in [-0.05, 0) is 6.07 Å². The first-order valence-electron chi connectivity index (χ1n) is 4.27. The molecule has 0 unspecified atom stereocenters. The summed E-state index contributed by atoms with van der Waals surface area (Å²) >= 11 is 0. The van der Waals surface area contributed by atoms with Crippen molar-refractivity contribution in [2.75, 3.05) is 0 Å². The zero-order chi connectivity index (χ0) is 10.8. The van der Waals surface area contributed by atoms with Crippen LogP contribution < -0.4 is 5.48 Å². The number of H-pyrrole nitrogens is 1. The van der Waals surface area contributed by atoms with Crippen LogP contribution in [0.3, 0.4) is 0 Å². The molecule has 15 heavy (non-hydrogen) atoms. The molecule has 1 aromatic carbocycles. The first kappa shape index (κ1) is 9.42. The van der Waals surface area contributed by atoms with E-state index >= 15 is 0 Å². The quantitative estimate of drug-likeness (QED) is 0.433. The fourth-order valence-corrected chi connectivity index (χ4v) is 1.43. The predicted octanol–water partition coefficient (Wildman–Crippen LogP) is 0.965. The van der Waals surface area contributed by atoms with E-state index in [4.69, 9.17) is 0 Å². The Bertz CT molecular complexity index is 530. The second-order valence-electron chi connectivity index (χ2n) is 3.01. The minimum atomic E-state index is -1.15. The molecule has 0 saturated carbocycles. The van der Waals surface area contributed by atoms with Crippen LogP contribution in [0.5, 0.6) is 0 Å². The van der Waals surface area contributed by atoms with Crippen LogP contribution in [0.1, 0.15) is 10.4 Å². The lowest BCUT2D eigenvalue weighted by molar-refractivity contribution is -0.116. The summed E-state index contributed by atoms with van der Waals surface area (Å²) < 4.78 is 0. The molecule has 1 amide bonds. The van der Waals surface area contributed by atoms with Crippen molar-refractivity contribution in [3.8, 4) is 0 Å². The number of benzene rings is 1. The lowest BCUT2D eigenvalue weighted by atomic mass is 10.1. The van der Waals surface area contributed by atoms with E-state index in [1.165, 1.54) is 6.20 Å². The molecule has 0 aliphatic heterocycles. The highest BCUT2D eigenvalue weighted by molar-refractivity contribution is 6.45. The Balaban J connectivity index is 2.53. The Morgan fingerprint density at radius 3 is 2.73 bits per heavy atom. The zero-order valence-electron chi connectivity index (χ0n) is 7.61. The van der Waals surface area contributed by atoms with Crippen LogP contribution in [0.4, 0.5) is 0 Å². The van der Waals surface area contributed by atoms with Gasteiger partial charge in [0.25, 0.3) is 11.7 Å². The van der Waals surface area contributed by atoms with E-state index in [1.54, 1.807) is 24.3 Å². The number of hydrogen-bond donors (Lipinski definition) is 2. The monoisotopic (exact) mass is 203 g/mol. The maximum Gasteiger partial charge on any atom is 0.281 e. The summed E-state index contributed by atoms with van der Waals surface area (Å²) in [4.78, 5) is 25.1. The maximum absolute atomic E-state index is 11.4. The molecule has 2 aromatic rings. The smallest absolute Gasteiger partial charge is 0.281 e. The highest BCUT2D eigenvalue weighted by Crippen LogP contribution is 2.17. The van der Waals surface area contributed by atoms with Gasteiger partial charge in [-0.15, -0.1) is 0 Å². The first-order valence-corrected chi connectivity index (χ1v) is 4.27. The number of aromatic nitrogens is 1. The van der Waals surface area contributed by atoms with Gasteiger partial charge in [0, 0.05) is 17.1 Å². The van der Waals surface area contributed by atoms with E-state index in [-0.39, 0.29) is 5.56 Å². The molecule has 2 N–H and O–H groups in total. The molecule has 0 fully saturated rings. The largest absolute Gasteiger partial charge is 0.759 e. The Hall–Kier alpha value is -2.14. The molecular weight excluding hydrogens is 196 g/mol. The van der Waals surface area contributed by atoms with Crippen molar-refractivity contribution in [1.29, 1.82) is 0 Å². The topological polar surface area (TPSA) is 85.0 Å². The molecule has 5 heteroatoms. The van der Waals surface area contributed by atoms with Gasteiger partial charge in [0.15, 0.2) is 0 Å². The van der Waals surface area contributed by atoms with Gasteiger partial charge in [0.2, 0.25) is 0 Å². The Morgan fingerprint density at radius 1 is 1.27 bits per heavy atom. The van der Waals surface area contributed by atoms with Crippen molar-refractivity contribution < 1.29 is 9.59 Å². The lowest BCUT2D eigenvalue weighted by Crippen LogP contribution is -2.25. The molecule has 5 nitrogen and oxygen atoms in total. The average Bonchev–Trinajstić information content (AvgIpc) is 2.70. The van der Waals surface area contributed by atoms with Crippen LogP contribution in [-0.4, -0.2) is 16.7 Å². The maximum atomic E-state index is 11.4. The van der Waals surface area contributed by atoms with Crippen LogP contribution in [0, 0.1) is 5.21 Å². The third-order valence-corrected chi connectivity index (χ3v) is 2.13. The minimum absolute atomic E-state index is 0.207. The summed E-state index contributed by atoms with van der Waals surface area (Å²) in [5.74, 6) is -1.98. The van der Waals surface area contributed by atoms with Crippen LogP contribution in [-0.2, 0) is 4.79 Å². The van der Waals surface area contributed by atoms with Crippen LogP contribution in [0.15, 0.2) is 30.5 Å². The molecule has 76 valence electrons. The molecule has 0 radical (unpaired) electrons. The highest BCUT2D eigenvalue weighted by atomic mass is 16.5. The molecule has 0 atom stereocenters. The number of amides is 1. The number of carbonyl (C=O) groups excluding carboxylic acids is 2. The number of ketones is 1. The molecule has 1 aromatic heterocycles. The number of nitrogens with one attached hydrogen (secondary N) is 2. The standard InChI is InChI=1S/C10H7N2O3/c13-9(10(14)12-15)7-5-11-8-4-2-1-3-6(7)8/h1-5H,(H2-,11,12,13,14,15)/q-1. The van der Waals surface area contributed by atoms with Gasteiger partial charge in [-0.2, -0.15) is 0 Å². The van der Waals surface area contributed by atoms with Crippen molar-refractivity contribution in [1.82, 2.24) is 10.5 Å². The van der Waals surface area contributed by atoms with Gasteiger partial charge in [0.1, 0.15) is 0 Å². The highest BCUT2D eigenvalue weighted by Gasteiger charge is 2.16. The summed E-state index contributed by atoms with van der Waals surface area (Å²) in [7, 11) is 0. The molecule has 2 rings (SSSR count). The van der Waals surface area contributed by atoms with Gasteiger partial charge in [-0.3, -0.25) is 9.59 Å². The predicted molar refractivity (Wildman–Crippen MR) is 54.1 cm³/mol. The van der Waals surface area contributed by atoms with Crippen molar-refractivity contribution in [3.63, 3.8) is 0 Å². The average molecular weight is 203 g/mol. The third kappa shape index (κ3) is 1.49. The summed E-state index contributed by atoms with van der Waals surface area (Å²) in [6.45, 7) is 0. The van der Waals surface area contributed by atoms with Crippen LogP contribution >= 0.6 is 0 Å². The van der Waals surface area contributed by atoms with Gasteiger partial charge < -0.3 is 15.7 Å². The fraction of sp³-hybridized carbons (Fsp3) is 0. The Morgan fingerprint density at radius 2 is 2.00 bits per heavy atom. The number of hydrogen-bond acceptors (Lipinski definition) is 3. The summed E-state index contributed by atoms with van der Waals surface area (Å²) in [6, 6.07) is 7.04. The van der Waals surface area contributed by atoms with Crippen molar-refractivity contribution in [3.05, 3.63) is 41.2 Å². The molecule has 0 aliphatic carbocycles. The first-order chi connectivity index (χ1) is 7.24. The normalized spacial score (nSPS) is 10.2. The number of carbonyl (C=O) groups is 2. The Labute approximate surface area is 84.7 Å². The zero-order valence-corrected chi connectivity index (χ0v) is 7.61. The van der Waals surface area contributed by atoms with E-state index in [9.17, 15) is 14.8 Å². The van der Waals surface area contributed by atoms with E-state index in [2.05, 4.69) is 4.98 Å². The van der Waals surface area contributed by atoms with Crippen molar-refractivity contribution >= 4 is 22.6 Å². The van der Waals surface area contributed by atoms with Gasteiger partial charge in [0.05, 0.1) is 5.56 Å². The summed E-state index contributed by atoms with van der Waals surface area (Å²) in [5, 5.41) is 10.7. The Kier molecular flexibility index (Phi) is 2.23. The van der Waals surface area contributed by atoms with E-state index < -0.39 is 11.7 Å². The molecule has 0 bridgehead atoms. The molecule has 0 spiro atoms. The van der Waals surface area contributed by atoms with Gasteiger partial charge in [-0.25, -0.2) is 0 Å². The molecule has 0 aliphatic rings. The van der Waals surface area contributed by atoms with E-state index in [0.29, 0.717) is 5.39 Å². The number of Topliss-reactive ketones (excluding diaryl/α,β-unsaturated/α-hetero) is 1. The summed E-state index contributed by atoms with van der Waals surface area (Å²) in [6.07, 6.45) is 1.42.